The van der Waals surface area contributed by atoms with Gasteiger partial charge in [0.15, 0.2) is 5.82 Å². The summed E-state index contributed by atoms with van der Waals surface area (Å²) in [5.41, 5.74) is 2.36. The van der Waals surface area contributed by atoms with Crippen LogP contribution >= 0.6 is 0 Å². The Morgan fingerprint density at radius 2 is 1.95 bits per heavy atom. The number of rotatable bonds is 3. The third-order valence-electron chi connectivity index (χ3n) is 3.36. The van der Waals surface area contributed by atoms with Crippen LogP contribution in [-0.4, -0.2) is 29.9 Å². The van der Waals surface area contributed by atoms with E-state index in [4.69, 9.17) is 0 Å². The molecule has 0 aliphatic rings. The lowest BCUT2D eigenvalue weighted by Gasteiger charge is -2.17. The molecule has 22 heavy (non-hydrogen) atoms. The minimum absolute atomic E-state index is 0.135. The van der Waals surface area contributed by atoms with Gasteiger partial charge in [0.1, 0.15) is 16.9 Å². The molecule has 0 atom stereocenters. The monoisotopic (exact) mass is 299 g/mol. The first-order chi connectivity index (χ1) is 10.3. The molecule has 0 aromatic carbocycles. The molecule has 3 heterocycles. The van der Waals surface area contributed by atoms with E-state index in [0.29, 0.717) is 6.04 Å². The molecule has 7 heteroatoms. The van der Waals surface area contributed by atoms with E-state index in [-0.39, 0.29) is 5.41 Å². The molecule has 0 bridgehead atoms. The molecule has 0 amide bonds. The third-order valence-corrected chi connectivity index (χ3v) is 3.36. The van der Waals surface area contributed by atoms with Crippen LogP contribution in [0.4, 0.5) is 11.5 Å². The predicted molar refractivity (Wildman–Crippen MR) is 86.3 cm³/mol. The zero-order valence-corrected chi connectivity index (χ0v) is 13.5. The maximum atomic E-state index is 4.66. The van der Waals surface area contributed by atoms with E-state index in [0.717, 1.165) is 28.4 Å². The Morgan fingerprint density at radius 1 is 1.18 bits per heavy atom. The summed E-state index contributed by atoms with van der Waals surface area (Å²) in [6.07, 6.45) is 5.47. The molecule has 0 aliphatic heterocycles. The van der Waals surface area contributed by atoms with Crippen molar-refractivity contribution in [2.45, 2.75) is 46.1 Å². The molecule has 3 aromatic heterocycles. The molecule has 0 saturated heterocycles. The second-order valence-corrected chi connectivity index (χ2v) is 6.70. The topological polar surface area (TPSA) is 84.3 Å². The van der Waals surface area contributed by atoms with Crippen LogP contribution < -0.4 is 5.32 Å². The summed E-state index contributed by atoms with van der Waals surface area (Å²) >= 11 is 0. The number of anilines is 2. The van der Waals surface area contributed by atoms with Crippen molar-refractivity contribution in [1.82, 2.24) is 29.9 Å². The predicted octanol–water partition coefficient (Wildman–Crippen LogP) is 3.17. The molecule has 2 N–H and O–H groups in total. The van der Waals surface area contributed by atoms with Crippen LogP contribution in [0.2, 0.25) is 0 Å². The van der Waals surface area contributed by atoms with Gasteiger partial charge in [-0.1, -0.05) is 20.8 Å². The van der Waals surface area contributed by atoms with Gasteiger partial charge >= 0.3 is 0 Å². The van der Waals surface area contributed by atoms with Gasteiger partial charge in [-0.15, -0.1) is 0 Å². The molecular weight excluding hydrogens is 278 g/mol. The smallest absolute Gasteiger partial charge is 0.160 e. The van der Waals surface area contributed by atoms with Crippen molar-refractivity contribution in [3.05, 3.63) is 24.4 Å². The number of fused-ring (bicyclic) bond motifs is 1. The Balaban J connectivity index is 2.03. The van der Waals surface area contributed by atoms with Crippen LogP contribution in [-0.2, 0) is 5.41 Å². The maximum absolute atomic E-state index is 4.66. The van der Waals surface area contributed by atoms with Crippen LogP contribution in [0.5, 0.6) is 0 Å². The molecule has 7 nitrogen and oxygen atoms in total. The van der Waals surface area contributed by atoms with E-state index >= 15 is 0 Å². The van der Waals surface area contributed by atoms with Crippen molar-refractivity contribution in [1.29, 1.82) is 0 Å². The van der Waals surface area contributed by atoms with Crippen LogP contribution in [0.15, 0.2) is 18.6 Å². The molecule has 0 saturated carbocycles. The lowest BCUT2D eigenvalue weighted by atomic mass is 9.95. The fourth-order valence-corrected chi connectivity index (χ4v) is 2.09. The highest BCUT2D eigenvalue weighted by molar-refractivity contribution is 5.86. The lowest BCUT2D eigenvalue weighted by Crippen LogP contribution is -2.16. The Bertz CT molecular complexity index is 792. The fourth-order valence-electron chi connectivity index (χ4n) is 2.09. The molecule has 0 unspecified atom stereocenters. The Hall–Kier alpha value is -2.44. The number of aromatic amines is 1. The van der Waals surface area contributed by atoms with Crippen molar-refractivity contribution in [3.8, 4) is 0 Å². The van der Waals surface area contributed by atoms with Crippen molar-refractivity contribution < 1.29 is 0 Å². The van der Waals surface area contributed by atoms with Gasteiger partial charge in [-0.05, 0) is 13.8 Å². The fraction of sp³-hybridized carbons (Fsp3) is 0.467. The number of aromatic nitrogens is 6. The van der Waals surface area contributed by atoms with Gasteiger partial charge in [-0.25, -0.2) is 9.97 Å². The minimum Gasteiger partial charge on any atom is -0.336 e. The molecule has 0 spiro atoms. The van der Waals surface area contributed by atoms with Gasteiger partial charge in [-0.2, -0.15) is 10.2 Å². The van der Waals surface area contributed by atoms with E-state index in [2.05, 4.69) is 65.2 Å². The van der Waals surface area contributed by atoms with Gasteiger partial charge in [0.05, 0.1) is 18.1 Å². The summed E-state index contributed by atoms with van der Waals surface area (Å²) in [4.78, 5) is 9.24. The van der Waals surface area contributed by atoms with Crippen molar-refractivity contribution in [2.75, 3.05) is 5.32 Å². The van der Waals surface area contributed by atoms with E-state index in [9.17, 15) is 0 Å². The summed E-state index contributed by atoms with van der Waals surface area (Å²) in [6.45, 7) is 10.5. The standard InChI is InChI=1S/C15H21N7/c1-9(2)22-8-10(6-17-22)18-13-12-11(7-16-21-12)19-14(20-13)15(3,4)5/h6-9H,1-5H3,(H,16,21)(H,18,19,20). The highest BCUT2D eigenvalue weighted by Gasteiger charge is 2.20. The van der Waals surface area contributed by atoms with Gasteiger partial charge in [0.2, 0.25) is 0 Å². The third kappa shape index (κ3) is 2.66. The number of nitrogens with one attached hydrogen (secondary N) is 2. The van der Waals surface area contributed by atoms with Crippen LogP contribution in [0.3, 0.4) is 0 Å². The van der Waals surface area contributed by atoms with E-state index < -0.39 is 0 Å². The number of hydrogen-bond donors (Lipinski definition) is 2. The van der Waals surface area contributed by atoms with E-state index in [1.807, 2.05) is 10.9 Å². The highest BCUT2D eigenvalue weighted by atomic mass is 15.3. The van der Waals surface area contributed by atoms with Gasteiger partial charge in [-0.3, -0.25) is 9.78 Å². The van der Waals surface area contributed by atoms with Crippen LogP contribution in [0.25, 0.3) is 11.0 Å². The van der Waals surface area contributed by atoms with Crippen molar-refractivity contribution >= 4 is 22.5 Å². The maximum Gasteiger partial charge on any atom is 0.160 e. The highest BCUT2D eigenvalue weighted by Crippen LogP contribution is 2.26. The molecular formula is C15H21N7. The van der Waals surface area contributed by atoms with Crippen molar-refractivity contribution in [3.63, 3.8) is 0 Å². The van der Waals surface area contributed by atoms with Crippen LogP contribution in [0, 0.1) is 0 Å². The quantitative estimate of drug-likeness (QED) is 0.776. The van der Waals surface area contributed by atoms with Gasteiger partial charge in [0.25, 0.3) is 0 Å². The summed E-state index contributed by atoms with van der Waals surface area (Å²) in [7, 11) is 0. The lowest BCUT2D eigenvalue weighted by molar-refractivity contribution is 0.532. The largest absolute Gasteiger partial charge is 0.336 e. The first kappa shape index (κ1) is 14.5. The molecule has 3 aromatic rings. The average molecular weight is 299 g/mol. The second kappa shape index (κ2) is 5.08. The van der Waals surface area contributed by atoms with E-state index in [1.165, 1.54) is 0 Å². The average Bonchev–Trinajstić information content (AvgIpc) is 3.05. The van der Waals surface area contributed by atoms with Gasteiger partial charge < -0.3 is 5.32 Å². The van der Waals surface area contributed by atoms with Crippen molar-refractivity contribution in [2.24, 2.45) is 0 Å². The Labute approximate surface area is 129 Å². The molecule has 116 valence electrons. The summed E-state index contributed by atoms with van der Waals surface area (Å²) in [5.74, 6) is 1.50. The molecule has 0 radical (unpaired) electrons. The number of H-pyrrole nitrogens is 1. The summed E-state index contributed by atoms with van der Waals surface area (Å²) in [5, 5.41) is 14.7. The Morgan fingerprint density at radius 3 is 2.59 bits per heavy atom. The summed E-state index contributed by atoms with van der Waals surface area (Å²) in [6, 6.07) is 0.318. The zero-order valence-electron chi connectivity index (χ0n) is 13.5. The minimum atomic E-state index is -0.135. The molecule has 0 aliphatic carbocycles. The normalized spacial score (nSPS) is 12.3. The Kier molecular flexibility index (Phi) is 3.35. The van der Waals surface area contributed by atoms with Gasteiger partial charge in [0, 0.05) is 17.7 Å². The first-order valence-corrected chi connectivity index (χ1v) is 7.37. The number of nitrogens with zero attached hydrogens (tertiary/aromatic N) is 5. The number of hydrogen-bond acceptors (Lipinski definition) is 5. The summed E-state index contributed by atoms with van der Waals surface area (Å²) < 4.78 is 1.90. The molecule has 3 rings (SSSR count). The SMILES string of the molecule is CC(C)n1cc(Nc2nc(C(C)(C)C)nc3cn[nH]c23)cn1. The van der Waals surface area contributed by atoms with E-state index in [1.54, 1.807) is 12.4 Å². The van der Waals surface area contributed by atoms with Crippen LogP contribution in [0.1, 0.15) is 46.5 Å². The first-order valence-electron chi connectivity index (χ1n) is 7.37. The molecule has 0 fully saturated rings. The zero-order chi connectivity index (χ0) is 15.9. The second-order valence-electron chi connectivity index (χ2n) is 6.70.